The number of urea groups is 1. The molecule has 1 fully saturated rings. The van der Waals surface area contributed by atoms with Crippen molar-refractivity contribution in [3.8, 4) is 0 Å². The van der Waals surface area contributed by atoms with Crippen LogP contribution in [0.2, 0.25) is 0 Å². The molecule has 0 bridgehead atoms. The van der Waals surface area contributed by atoms with E-state index >= 15 is 0 Å². The van der Waals surface area contributed by atoms with Crippen molar-refractivity contribution in [1.29, 1.82) is 0 Å². The van der Waals surface area contributed by atoms with Gasteiger partial charge in [0.25, 0.3) is 0 Å². The van der Waals surface area contributed by atoms with Crippen LogP contribution in [-0.2, 0) is 4.79 Å². The fraction of sp³-hybridized carbons (Fsp3) is 0.429. The van der Waals surface area contributed by atoms with Crippen LogP contribution in [0.5, 0.6) is 0 Å². The van der Waals surface area contributed by atoms with Gasteiger partial charge in [0.05, 0.1) is 12.1 Å². The Labute approximate surface area is 116 Å². The first-order valence-corrected chi connectivity index (χ1v) is 6.53. The maximum atomic E-state index is 13.6. The van der Waals surface area contributed by atoms with Crippen LogP contribution in [0.25, 0.3) is 0 Å². The van der Waals surface area contributed by atoms with E-state index in [2.05, 4.69) is 5.32 Å². The number of halogens is 1. The van der Waals surface area contributed by atoms with E-state index in [-0.39, 0.29) is 18.2 Å². The molecule has 2 rings (SSSR count). The van der Waals surface area contributed by atoms with E-state index in [0.29, 0.717) is 13.0 Å². The number of hydrogen-bond donors (Lipinski definition) is 2. The van der Waals surface area contributed by atoms with Crippen LogP contribution in [0.4, 0.5) is 14.9 Å². The Morgan fingerprint density at radius 1 is 1.50 bits per heavy atom. The molecule has 1 aromatic rings. The molecule has 1 aliphatic heterocycles. The number of carboxylic acids is 1. The van der Waals surface area contributed by atoms with Gasteiger partial charge in [0, 0.05) is 12.6 Å². The minimum absolute atomic E-state index is 0.0796. The molecule has 5 nitrogen and oxygen atoms in total. The minimum Gasteiger partial charge on any atom is -0.481 e. The maximum Gasteiger partial charge on any atom is 0.322 e. The highest BCUT2D eigenvalue weighted by Crippen LogP contribution is 2.22. The summed E-state index contributed by atoms with van der Waals surface area (Å²) in [7, 11) is 0. The third-order valence-corrected chi connectivity index (χ3v) is 3.41. The highest BCUT2D eigenvalue weighted by atomic mass is 19.1. The van der Waals surface area contributed by atoms with Crippen molar-refractivity contribution in [3.63, 3.8) is 0 Å². The Morgan fingerprint density at radius 2 is 2.25 bits per heavy atom. The summed E-state index contributed by atoms with van der Waals surface area (Å²) >= 11 is 0. The van der Waals surface area contributed by atoms with Gasteiger partial charge in [-0.3, -0.25) is 4.79 Å². The molecular formula is C14H17FN2O3. The summed E-state index contributed by atoms with van der Waals surface area (Å²) in [6, 6.07) is 3.70. The lowest BCUT2D eigenvalue weighted by molar-refractivity contribution is -0.137. The minimum atomic E-state index is -0.934. The van der Waals surface area contributed by atoms with Gasteiger partial charge in [-0.25, -0.2) is 9.18 Å². The van der Waals surface area contributed by atoms with E-state index in [1.54, 1.807) is 19.1 Å². The molecule has 1 saturated heterocycles. The lowest BCUT2D eigenvalue weighted by atomic mass is 10.1. The SMILES string of the molecule is Cc1ccc(F)c(NC(=O)N2CCCC2CC(=O)O)c1. The quantitative estimate of drug-likeness (QED) is 0.894. The second-order valence-corrected chi connectivity index (χ2v) is 5.00. The molecule has 1 aliphatic rings. The van der Waals surface area contributed by atoms with Crippen LogP contribution in [0.15, 0.2) is 18.2 Å². The standard InChI is InChI=1S/C14H17FN2O3/c1-9-4-5-11(15)12(7-9)16-14(20)17-6-2-3-10(17)8-13(18)19/h4-5,7,10H,2-3,6,8H2,1H3,(H,16,20)(H,18,19). The number of aryl methyl sites for hydroxylation is 1. The first-order chi connectivity index (χ1) is 9.47. The predicted molar refractivity (Wildman–Crippen MR) is 72.1 cm³/mol. The molecule has 1 unspecified atom stereocenters. The van der Waals surface area contributed by atoms with Crippen LogP contribution >= 0.6 is 0 Å². The zero-order valence-corrected chi connectivity index (χ0v) is 11.2. The molecule has 20 heavy (non-hydrogen) atoms. The number of rotatable bonds is 3. The Bertz CT molecular complexity index is 533. The first-order valence-electron chi connectivity index (χ1n) is 6.53. The third-order valence-electron chi connectivity index (χ3n) is 3.41. The van der Waals surface area contributed by atoms with Gasteiger partial charge in [0.1, 0.15) is 5.82 Å². The molecule has 1 atom stereocenters. The van der Waals surface area contributed by atoms with E-state index in [4.69, 9.17) is 5.11 Å². The summed E-state index contributed by atoms with van der Waals surface area (Å²) < 4.78 is 13.6. The summed E-state index contributed by atoms with van der Waals surface area (Å²) in [5.74, 6) is -1.44. The average Bonchev–Trinajstić information content (AvgIpc) is 2.81. The van der Waals surface area contributed by atoms with Crippen molar-refractivity contribution in [2.75, 3.05) is 11.9 Å². The summed E-state index contributed by atoms with van der Waals surface area (Å²) in [6.45, 7) is 2.30. The van der Waals surface area contributed by atoms with Gasteiger partial charge in [-0.1, -0.05) is 6.07 Å². The van der Waals surface area contributed by atoms with Gasteiger partial charge in [0.15, 0.2) is 0 Å². The van der Waals surface area contributed by atoms with Crippen molar-refractivity contribution in [2.24, 2.45) is 0 Å². The van der Waals surface area contributed by atoms with Crippen LogP contribution in [0, 0.1) is 12.7 Å². The van der Waals surface area contributed by atoms with E-state index in [1.807, 2.05) is 0 Å². The van der Waals surface area contributed by atoms with Gasteiger partial charge in [0.2, 0.25) is 0 Å². The number of carbonyl (C=O) groups is 2. The fourth-order valence-corrected chi connectivity index (χ4v) is 2.44. The highest BCUT2D eigenvalue weighted by molar-refractivity contribution is 5.90. The molecular weight excluding hydrogens is 263 g/mol. The molecule has 2 N–H and O–H groups in total. The van der Waals surface area contributed by atoms with Gasteiger partial charge in [-0.2, -0.15) is 0 Å². The van der Waals surface area contributed by atoms with Crippen molar-refractivity contribution in [2.45, 2.75) is 32.2 Å². The van der Waals surface area contributed by atoms with Gasteiger partial charge < -0.3 is 15.3 Å². The second-order valence-electron chi connectivity index (χ2n) is 5.00. The number of carboxylic acid groups (broad SMARTS) is 1. The van der Waals surface area contributed by atoms with Crippen molar-refractivity contribution >= 4 is 17.7 Å². The molecule has 0 spiro atoms. The number of anilines is 1. The van der Waals surface area contributed by atoms with E-state index in [9.17, 15) is 14.0 Å². The van der Waals surface area contributed by atoms with Crippen molar-refractivity contribution < 1.29 is 19.1 Å². The third kappa shape index (κ3) is 3.26. The Kier molecular flexibility index (Phi) is 4.22. The number of aliphatic carboxylic acids is 1. The van der Waals surface area contributed by atoms with E-state index < -0.39 is 17.8 Å². The normalized spacial score (nSPS) is 18.1. The second kappa shape index (κ2) is 5.90. The monoisotopic (exact) mass is 280 g/mol. The highest BCUT2D eigenvalue weighted by Gasteiger charge is 2.30. The Hall–Kier alpha value is -2.11. The number of benzene rings is 1. The number of hydrogen-bond acceptors (Lipinski definition) is 2. The van der Waals surface area contributed by atoms with Gasteiger partial charge >= 0.3 is 12.0 Å². The molecule has 0 saturated carbocycles. The Balaban J connectivity index is 2.07. The van der Waals surface area contributed by atoms with Crippen LogP contribution in [0.3, 0.4) is 0 Å². The van der Waals surface area contributed by atoms with Crippen LogP contribution in [0.1, 0.15) is 24.8 Å². The van der Waals surface area contributed by atoms with Crippen molar-refractivity contribution in [1.82, 2.24) is 4.90 Å². The maximum absolute atomic E-state index is 13.6. The smallest absolute Gasteiger partial charge is 0.322 e. The fourth-order valence-electron chi connectivity index (χ4n) is 2.44. The summed E-state index contributed by atoms with van der Waals surface area (Å²) in [5.41, 5.74) is 0.959. The van der Waals surface area contributed by atoms with Crippen molar-refractivity contribution in [3.05, 3.63) is 29.6 Å². The summed E-state index contributed by atoms with van der Waals surface area (Å²) in [5, 5.41) is 11.3. The zero-order chi connectivity index (χ0) is 14.7. The predicted octanol–water partition coefficient (Wildman–Crippen LogP) is 2.61. The molecule has 6 heteroatoms. The van der Waals surface area contributed by atoms with E-state index in [1.165, 1.54) is 11.0 Å². The van der Waals surface area contributed by atoms with Gasteiger partial charge in [-0.05, 0) is 37.5 Å². The number of nitrogens with one attached hydrogen (secondary N) is 1. The lowest BCUT2D eigenvalue weighted by Gasteiger charge is -2.24. The number of carbonyl (C=O) groups excluding carboxylic acids is 1. The number of amides is 2. The molecule has 1 heterocycles. The van der Waals surface area contributed by atoms with E-state index in [0.717, 1.165) is 12.0 Å². The molecule has 108 valence electrons. The van der Waals surface area contributed by atoms with Gasteiger partial charge in [-0.15, -0.1) is 0 Å². The number of nitrogens with zero attached hydrogens (tertiary/aromatic N) is 1. The molecule has 0 radical (unpaired) electrons. The molecule has 1 aromatic carbocycles. The topological polar surface area (TPSA) is 69.6 Å². The molecule has 0 aliphatic carbocycles. The zero-order valence-electron chi connectivity index (χ0n) is 11.2. The lowest BCUT2D eigenvalue weighted by Crippen LogP contribution is -2.39. The molecule has 0 aromatic heterocycles. The number of likely N-dealkylation sites (tertiary alicyclic amines) is 1. The van der Waals surface area contributed by atoms with Crippen LogP contribution < -0.4 is 5.32 Å². The largest absolute Gasteiger partial charge is 0.481 e. The molecule has 2 amide bonds. The summed E-state index contributed by atoms with van der Waals surface area (Å²) in [4.78, 5) is 24.4. The first kappa shape index (κ1) is 14.3. The summed E-state index contributed by atoms with van der Waals surface area (Å²) in [6.07, 6.45) is 1.35. The average molecular weight is 280 g/mol. The van der Waals surface area contributed by atoms with Crippen LogP contribution in [-0.4, -0.2) is 34.6 Å². The Morgan fingerprint density at radius 3 is 2.95 bits per heavy atom.